The summed E-state index contributed by atoms with van der Waals surface area (Å²) in [7, 11) is -1.65. The number of rotatable bonds is 5. The fourth-order valence-corrected chi connectivity index (χ4v) is 2.72. The first-order chi connectivity index (χ1) is 9.46. The van der Waals surface area contributed by atoms with Crippen LogP contribution >= 0.6 is 0 Å². The van der Waals surface area contributed by atoms with E-state index < -0.39 is 8.32 Å². The Bertz CT molecular complexity index is 583. The number of hydrogen-bond acceptors (Lipinski definition) is 3. The van der Waals surface area contributed by atoms with E-state index in [0.717, 1.165) is 22.8 Å². The minimum absolute atomic E-state index is 0.688. The van der Waals surface area contributed by atoms with Crippen molar-refractivity contribution in [2.45, 2.75) is 33.0 Å². The van der Waals surface area contributed by atoms with Crippen molar-refractivity contribution in [1.82, 2.24) is 0 Å². The molecule has 1 aromatic heterocycles. The number of aliphatic imine (C=N–C) groups is 1. The quantitative estimate of drug-likeness (QED) is 0.587. The molecular weight excluding hydrogens is 266 g/mol. The van der Waals surface area contributed by atoms with Crippen molar-refractivity contribution in [3.8, 4) is 5.75 Å². The molecule has 3 nitrogen and oxygen atoms in total. The van der Waals surface area contributed by atoms with Crippen LogP contribution in [0, 0.1) is 6.92 Å². The van der Waals surface area contributed by atoms with Crippen LogP contribution in [0.1, 0.15) is 11.3 Å². The SMILES string of the molecule is Cc1cccc(N=CCc2ccco2)c1O[Si](C)(C)C. The third-order valence-electron chi connectivity index (χ3n) is 2.70. The minimum Gasteiger partial charge on any atom is -0.543 e. The smallest absolute Gasteiger partial charge is 0.242 e. The summed E-state index contributed by atoms with van der Waals surface area (Å²) in [5, 5.41) is 0. The van der Waals surface area contributed by atoms with Crippen LogP contribution in [-0.4, -0.2) is 14.5 Å². The molecule has 0 aliphatic rings. The highest BCUT2D eigenvalue weighted by molar-refractivity contribution is 6.70. The molecule has 0 spiro atoms. The highest BCUT2D eigenvalue weighted by Crippen LogP contribution is 2.32. The second-order valence-corrected chi connectivity index (χ2v) is 10.2. The van der Waals surface area contributed by atoms with Gasteiger partial charge in [0.05, 0.1) is 6.26 Å². The number of aryl methyl sites for hydroxylation is 1. The van der Waals surface area contributed by atoms with Gasteiger partial charge in [0.15, 0.2) is 0 Å². The molecule has 0 saturated carbocycles. The second kappa shape index (κ2) is 6.09. The summed E-state index contributed by atoms with van der Waals surface area (Å²) in [6.07, 6.45) is 4.23. The predicted octanol–water partition coefficient (Wildman–Crippen LogP) is 4.75. The maximum absolute atomic E-state index is 6.15. The van der Waals surface area contributed by atoms with Crippen molar-refractivity contribution >= 4 is 20.2 Å². The number of benzene rings is 1. The summed E-state index contributed by atoms with van der Waals surface area (Å²) in [5.74, 6) is 1.82. The van der Waals surface area contributed by atoms with E-state index in [9.17, 15) is 0 Å². The lowest BCUT2D eigenvalue weighted by Crippen LogP contribution is -2.29. The number of hydrogen-bond donors (Lipinski definition) is 0. The van der Waals surface area contributed by atoms with Gasteiger partial charge in [0, 0.05) is 12.6 Å². The van der Waals surface area contributed by atoms with Crippen LogP contribution in [0.4, 0.5) is 5.69 Å². The molecule has 0 amide bonds. The Hall–Kier alpha value is -1.81. The molecule has 1 aromatic carbocycles. The second-order valence-electron chi connectivity index (χ2n) is 5.73. The van der Waals surface area contributed by atoms with Gasteiger partial charge in [-0.05, 0) is 50.3 Å². The van der Waals surface area contributed by atoms with Gasteiger partial charge < -0.3 is 8.84 Å². The van der Waals surface area contributed by atoms with E-state index in [2.05, 4.69) is 37.6 Å². The lowest BCUT2D eigenvalue weighted by atomic mass is 10.2. The Kier molecular flexibility index (Phi) is 4.45. The van der Waals surface area contributed by atoms with E-state index in [4.69, 9.17) is 8.84 Å². The Labute approximate surface area is 121 Å². The topological polar surface area (TPSA) is 34.7 Å². The number of nitrogens with zero attached hydrogens (tertiary/aromatic N) is 1. The molecule has 0 bridgehead atoms. The molecule has 1 heterocycles. The third kappa shape index (κ3) is 4.10. The lowest BCUT2D eigenvalue weighted by Gasteiger charge is -2.22. The van der Waals surface area contributed by atoms with E-state index in [0.29, 0.717) is 6.42 Å². The van der Waals surface area contributed by atoms with Crippen molar-refractivity contribution < 1.29 is 8.84 Å². The Morgan fingerprint density at radius 3 is 2.65 bits per heavy atom. The molecule has 106 valence electrons. The van der Waals surface area contributed by atoms with Gasteiger partial charge in [0.1, 0.15) is 17.2 Å². The van der Waals surface area contributed by atoms with E-state index in [1.807, 2.05) is 30.5 Å². The van der Waals surface area contributed by atoms with Crippen LogP contribution in [0.2, 0.25) is 19.6 Å². The van der Waals surface area contributed by atoms with E-state index >= 15 is 0 Å². The molecule has 0 atom stereocenters. The van der Waals surface area contributed by atoms with Gasteiger partial charge in [0.25, 0.3) is 0 Å². The molecule has 0 saturated heterocycles. The number of furan rings is 1. The first kappa shape index (κ1) is 14.6. The average Bonchev–Trinajstić information content (AvgIpc) is 2.85. The van der Waals surface area contributed by atoms with Gasteiger partial charge in [-0.15, -0.1) is 0 Å². The van der Waals surface area contributed by atoms with Gasteiger partial charge in [-0.25, -0.2) is 0 Å². The van der Waals surface area contributed by atoms with Crippen LogP contribution in [0.5, 0.6) is 5.75 Å². The maximum Gasteiger partial charge on any atom is 0.242 e. The molecule has 0 unspecified atom stereocenters. The molecule has 0 aliphatic heterocycles. The molecule has 2 aromatic rings. The summed E-state index contributed by atoms with van der Waals surface area (Å²) < 4.78 is 11.4. The first-order valence-corrected chi connectivity index (χ1v) is 10.2. The van der Waals surface area contributed by atoms with Crippen LogP contribution < -0.4 is 4.43 Å². The molecule has 0 N–H and O–H groups in total. The van der Waals surface area contributed by atoms with Gasteiger partial charge in [-0.1, -0.05) is 12.1 Å². The van der Waals surface area contributed by atoms with Crippen molar-refractivity contribution in [3.05, 3.63) is 47.9 Å². The maximum atomic E-state index is 6.15. The zero-order valence-corrected chi connectivity index (χ0v) is 13.5. The van der Waals surface area contributed by atoms with Gasteiger partial charge in [0.2, 0.25) is 8.32 Å². The van der Waals surface area contributed by atoms with Crippen LogP contribution in [0.3, 0.4) is 0 Å². The van der Waals surface area contributed by atoms with Gasteiger partial charge >= 0.3 is 0 Å². The van der Waals surface area contributed by atoms with E-state index in [-0.39, 0.29) is 0 Å². The highest BCUT2D eigenvalue weighted by atomic mass is 28.4. The number of para-hydroxylation sites is 1. The minimum atomic E-state index is -1.65. The standard InChI is InChI=1S/C16H21NO2Si/c1-13-7-5-9-15(16(13)19-20(2,3)4)17-11-10-14-8-6-12-18-14/h5-9,11-12H,10H2,1-4H3. The van der Waals surface area contributed by atoms with Crippen LogP contribution in [0.15, 0.2) is 46.0 Å². The van der Waals surface area contributed by atoms with E-state index in [1.165, 1.54) is 0 Å². The molecule has 0 fully saturated rings. The molecule has 0 aliphatic carbocycles. The highest BCUT2D eigenvalue weighted by Gasteiger charge is 2.19. The first-order valence-electron chi connectivity index (χ1n) is 6.79. The molecular formula is C16H21NO2Si. The van der Waals surface area contributed by atoms with Gasteiger partial charge in [-0.3, -0.25) is 4.99 Å². The monoisotopic (exact) mass is 287 g/mol. The predicted molar refractivity (Wildman–Crippen MR) is 85.7 cm³/mol. The summed E-state index contributed by atoms with van der Waals surface area (Å²) in [5.41, 5.74) is 2.01. The lowest BCUT2D eigenvalue weighted by molar-refractivity contribution is 0.527. The normalized spacial score (nSPS) is 12.0. The Balaban J connectivity index is 2.18. The van der Waals surface area contributed by atoms with Crippen molar-refractivity contribution in [1.29, 1.82) is 0 Å². The molecule has 2 rings (SSSR count). The summed E-state index contributed by atoms with van der Waals surface area (Å²) >= 11 is 0. The van der Waals surface area contributed by atoms with Gasteiger partial charge in [-0.2, -0.15) is 0 Å². The van der Waals surface area contributed by atoms with Crippen molar-refractivity contribution in [2.24, 2.45) is 4.99 Å². The summed E-state index contributed by atoms with van der Waals surface area (Å²) in [6, 6.07) is 9.88. The fraction of sp³-hybridized carbons (Fsp3) is 0.312. The summed E-state index contributed by atoms with van der Waals surface area (Å²) in [6.45, 7) is 8.59. The van der Waals surface area contributed by atoms with Crippen molar-refractivity contribution in [2.75, 3.05) is 0 Å². The Morgan fingerprint density at radius 1 is 1.20 bits per heavy atom. The third-order valence-corrected chi connectivity index (χ3v) is 3.52. The molecule has 0 radical (unpaired) electrons. The van der Waals surface area contributed by atoms with Crippen molar-refractivity contribution in [3.63, 3.8) is 0 Å². The Morgan fingerprint density at radius 2 is 2.00 bits per heavy atom. The van der Waals surface area contributed by atoms with E-state index in [1.54, 1.807) is 6.26 Å². The van der Waals surface area contributed by atoms with Crippen LogP contribution in [-0.2, 0) is 6.42 Å². The largest absolute Gasteiger partial charge is 0.543 e. The fourth-order valence-electron chi connectivity index (χ4n) is 1.84. The zero-order valence-electron chi connectivity index (χ0n) is 12.5. The zero-order chi connectivity index (χ0) is 14.6. The average molecular weight is 287 g/mol. The molecule has 4 heteroatoms. The molecule has 20 heavy (non-hydrogen) atoms. The van der Waals surface area contributed by atoms with Crippen LogP contribution in [0.25, 0.3) is 0 Å². The summed E-state index contributed by atoms with van der Waals surface area (Å²) in [4.78, 5) is 4.54.